The number of ether oxygens (including phenoxy) is 1. The van der Waals surface area contributed by atoms with Gasteiger partial charge in [-0.3, -0.25) is 4.79 Å². The van der Waals surface area contributed by atoms with Gasteiger partial charge in [0.2, 0.25) is 0 Å². The zero-order chi connectivity index (χ0) is 19.4. The number of amides is 1. The van der Waals surface area contributed by atoms with Crippen LogP contribution < -0.4 is 10.1 Å². The molecule has 0 unspecified atom stereocenters. The van der Waals surface area contributed by atoms with Crippen LogP contribution in [0.25, 0.3) is 10.8 Å². The molecule has 140 valence electrons. The Morgan fingerprint density at radius 3 is 2.44 bits per heavy atom. The summed E-state index contributed by atoms with van der Waals surface area (Å²) in [4.78, 5) is 12.5. The lowest BCUT2D eigenvalue weighted by Gasteiger charge is -2.19. The predicted octanol–water partition coefficient (Wildman–Crippen LogP) is 5.36. The molecule has 0 radical (unpaired) electrons. The van der Waals surface area contributed by atoms with Crippen LogP contribution >= 0.6 is 0 Å². The Kier molecular flexibility index (Phi) is 5.80. The summed E-state index contributed by atoms with van der Waals surface area (Å²) in [5.74, 6) is 1.02. The first-order valence-electron chi connectivity index (χ1n) is 9.46. The van der Waals surface area contributed by atoms with Gasteiger partial charge < -0.3 is 10.1 Å². The van der Waals surface area contributed by atoms with Crippen molar-refractivity contribution in [2.75, 3.05) is 0 Å². The second-order valence-electron chi connectivity index (χ2n) is 7.36. The molecule has 1 atom stereocenters. The predicted molar refractivity (Wildman–Crippen MR) is 111 cm³/mol. The summed E-state index contributed by atoms with van der Waals surface area (Å²) in [5.41, 5.74) is 3.32. The first kappa shape index (κ1) is 19.0. The van der Waals surface area contributed by atoms with Crippen molar-refractivity contribution >= 4 is 16.7 Å². The monoisotopic (exact) mass is 361 g/mol. The molecule has 0 aromatic heterocycles. The van der Waals surface area contributed by atoms with Gasteiger partial charge in [-0.05, 0) is 59.4 Å². The smallest absolute Gasteiger partial charge is 0.261 e. The molecule has 3 aromatic carbocycles. The molecule has 0 aliphatic heterocycles. The van der Waals surface area contributed by atoms with Gasteiger partial charge in [0.05, 0.1) is 0 Å². The van der Waals surface area contributed by atoms with E-state index in [4.69, 9.17) is 4.74 Å². The molecule has 27 heavy (non-hydrogen) atoms. The van der Waals surface area contributed by atoms with Crippen LogP contribution in [0.5, 0.6) is 5.75 Å². The summed E-state index contributed by atoms with van der Waals surface area (Å²) >= 11 is 0. The van der Waals surface area contributed by atoms with Crippen LogP contribution in [0.2, 0.25) is 0 Å². The Bertz CT molecular complexity index is 946. The van der Waals surface area contributed by atoms with Crippen molar-refractivity contribution in [3.63, 3.8) is 0 Å². The van der Waals surface area contributed by atoms with Crippen molar-refractivity contribution in [2.24, 2.45) is 0 Å². The third-order valence-corrected chi connectivity index (χ3v) is 4.74. The van der Waals surface area contributed by atoms with E-state index in [9.17, 15) is 4.79 Å². The molecule has 0 heterocycles. The van der Waals surface area contributed by atoms with E-state index in [1.165, 1.54) is 10.8 Å². The minimum Gasteiger partial charge on any atom is -0.481 e. The van der Waals surface area contributed by atoms with Gasteiger partial charge in [-0.1, -0.05) is 62.4 Å². The number of carbonyl (C=O) groups excluding carboxylic acids is 1. The summed E-state index contributed by atoms with van der Waals surface area (Å²) in [6.45, 7) is 8.57. The van der Waals surface area contributed by atoms with E-state index in [-0.39, 0.29) is 5.91 Å². The number of rotatable bonds is 6. The maximum Gasteiger partial charge on any atom is 0.261 e. The van der Waals surface area contributed by atoms with E-state index in [1.54, 1.807) is 6.92 Å². The van der Waals surface area contributed by atoms with Crippen LogP contribution in [0, 0.1) is 6.92 Å². The topological polar surface area (TPSA) is 38.3 Å². The standard InChI is InChI=1S/C24H27NO2/c1-16(2)22-12-9-17(3)13-23(22)27-18(4)24(26)25-15-19-10-11-20-7-5-6-8-21(20)14-19/h5-14,16,18H,15H2,1-4H3,(H,25,26)/t18-/m0/s1. The highest BCUT2D eigenvalue weighted by Crippen LogP contribution is 2.28. The van der Waals surface area contributed by atoms with E-state index >= 15 is 0 Å². The fourth-order valence-electron chi connectivity index (χ4n) is 3.15. The number of benzene rings is 3. The maximum atomic E-state index is 12.5. The average molecular weight is 361 g/mol. The molecule has 3 nitrogen and oxygen atoms in total. The Hall–Kier alpha value is -2.81. The van der Waals surface area contributed by atoms with Gasteiger partial charge >= 0.3 is 0 Å². The Balaban J connectivity index is 1.64. The summed E-state index contributed by atoms with van der Waals surface area (Å²) in [6.07, 6.45) is -0.551. The lowest BCUT2D eigenvalue weighted by atomic mass is 10.0. The zero-order valence-corrected chi connectivity index (χ0v) is 16.5. The van der Waals surface area contributed by atoms with Crippen LogP contribution in [0.1, 0.15) is 43.4 Å². The van der Waals surface area contributed by atoms with E-state index in [1.807, 2.05) is 31.2 Å². The summed E-state index contributed by atoms with van der Waals surface area (Å²) in [7, 11) is 0. The third kappa shape index (κ3) is 4.68. The lowest BCUT2D eigenvalue weighted by molar-refractivity contribution is -0.127. The first-order valence-corrected chi connectivity index (χ1v) is 9.46. The van der Waals surface area contributed by atoms with E-state index in [2.05, 4.69) is 55.6 Å². The van der Waals surface area contributed by atoms with E-state index in [0.717, 1.165) is 22.4 Å². The van der Waals surface area contributed by atoms with Gasteiger partial charge in [0.15, 0.2) is 6.10 Å². The molecule has 0 saturated carbocycles. The maximum absolute atomic E-state index is 12.5. The molecule has 0 bridgehead atoms. The number of carbonyl (C=O) groups is 1. The molecule has 3 aromatic rings. The van der Waals surface area contributed by atoms with Gasteiger partial charge in [-0.15, -0.1) is 0 Å². The van der Waals surface area contributed by atoms with Gasteiger partial charge in [-0.2, -0.15) is 0 Å². The molecule has 3 heteroatoms. The minimum atomic E-state index is -0.551. The van der Waals surface area contributed by atoms with Crippen LogP contribution in [0.15, 0.2) is 60.7 Å². The summed E-state index contributed by atoms with van der Waals surface area (Å²) in [6, 6.07) is 20.6. The summed E-state index contributed by atoms with van der Waals surface area (Å²) in [5, 5.41) is 5.36. The highest BCUT2D eigenvalue weighted by atomic mass is 16.5. The second kappa shape index (κ2) is 8.26. The lowest BCUT2D eigenvalue weighted by Crippen LogP contribution is -2.36. The Labute approximate surface area is 161 Å². The van der Waals surface area contributed by atoms with Crippen LogP contribution in [-0.4, -0.2) is 12.0 Å². The van der Waals surface area contributed by atoms with E-state index in [0.29, 0.717) is 12.5 Å². The van der Waals surface area contributed by atoms with Gasteiger partial charge in [-0.25, -0.2) is 0 Å². The quantitative estimate of drug-likeness (QED) is 0.642. The van der Waals surface area contributed by atoms with Crippen molar-refractivity contribution in [3.8, 4) is 5.75 Å². The van der Waals surface area contributed by atoms with Gasteiger partial charge in [0, 0.05) is 6.54 Å². The van der Waals surface area contributed by atoms with Crippen molar-refractivity contribution in [1.82, 2.24) is 5.32 Å². The van der Waals surface area contributed by atoms with Gasteiger partial charge in [0.1, 0.15) is 5.75 Å². The Morgan fingerprint density at radius 1 is 0.963 bits per heavy atom. The SMILES string of the molecule is Cc1ccc(C(C)C)c(O[C@@H](C)C(=O)NCc2ccc3ccccc3c2)c1. The molecule has 0 saturated heterocycles. The summed E-state index contributed by atoms with van der Waals surface area (Å²) < 4.78 is 6.00. The van der Waals surface area contributed by atoms with Crippen molar-refractivity contribution in [1.29, 1.82) is 0 Å². The molecule has 3 rings (SSSR count). The second-order valence-corrected chi connectivity index (χ2v) is 7.36. The Morgan fingerprint density at radius 2 is 1.70 bits per heavy atom. The molecule has 0 fully saturated rings. The molecule has 0 aliphatic carbocycles. The first-order chi connectivity index (χ1) is 12.9. The zero-order valence-electron chi connectivity index (χ0n) is 16.5. The molecule has 1 amide bonds. The number of fused-ring (bicyclic) bond motifs is 1. The van der Waals surface area contributed by atoms with Gasteiger partial charge in [0.25, 0.3) is 5.91 Å². The molecule has 1 N–H and O–H groups in total. The van der Waals surface area contributed by atoms with Crippen molar-refractivity contribution in [3.05, 3.63) is 77.4 Å². The molecular formula is C24H27NO2. The fourth-order valence-corrected chi connectivity index (χ4v) is 3.15. The average Bonchev–Trinajstić information content (AvgIpc) is 2.65. The normalized spacial score (nSPS) is 12.2. The number of hydrogen-bond acceptors (Lipinski definition) is 2. The van der Waals surface area contributed by atoms with Crippen LogP contribution in [0.4, 0.5) is 0 Å². The highest BCUT2D eigenvalue weighted by molar-refractivity contribution is 5.83. The number of aryl methyl sites for hydroxylation is 1. The third-order valence-electron chi connectivity index (χ3n) is 4.74. The molecule has 0 aliphatic rings. The number of nitrogens with one attached hydrogen (secondary N) is 1. The highest BCUT2D eigenvalue weighted by Gasteiger charge is 2.17. The van der Waals surface area contributed by atoms with Crippen molar-refractivity contribution < 1.29 is 9.53 Å². The molecule has 0 spiro atoms. The largest absolute Gasteiger partial charge is 0.481 e. The fraction of sp³-hybridized carbons (Fsp3) is 0.292. The molecular weight excluding hydrogens is 334 g/mol. The van der Waals surface area contributed by atoms with E-state index < -0.39 is 6.10 Å². The minimum absolute atomic E-state index is 0.112. The van der Waals surface area contributed by atoms with Crippen LogP contribution in [0.3, 0.4) is 0 Å². The van der Waals surface area contributed by atoms with Crippen molar-refractivity contribution in [2.45, 2.75) is 46.3 Å². The number of hydrogen-bond donors (Lipinski definition) is 1. The van der Waals surface area contributed by atoms with Crippen LogP contribution in [-0.2, 0) is 11.3 Å².